The number of benzene rings is 1. The molecule has 11 nitrogen and oxygen atoms in total. The highest BCUT2D eigenvalue weighted by atomic mass is 19.4. The molecule has 33 heavy (non-hydrogen) atoms. The number of hydrogen-bond donors (Lipinski definition) is 3. The lowest BCUT2D eigenvalue weighted by Gasteiger charge is -2.15. The number of rotatable bonds is 6. The number of aromatic nitrogens is 7. The zero-order valence-corrected chi connectivity index (χ0v) is 17.3. The van der Waals surface area contributed by atoms with Crippen molar-refractivity contribution >= 4 is 22.8 Å². The molecule has 0 aliphatic heterocycles. The molecule has 0 aliphatic carbocycles. The molecule has 3 N–H and O–H groups in total. The Morgan fingerprint density at radius 2 is 2.00 bits per heavy atom. The van der Waals surface area contributed by atoms with Gasteiger partial charge >= 0.3 is 12.1 Å². The first-order valence-corrected chi connectivity index (χ1v) is 9.54. The Morgan fingerprint density at radius 1 is 1.24 bits per heavy atom. The molecule has 4 aromatic rings. The van der Waals surface area contributed by atoms with E-state index in [2.05, 4.69) is 30.5 Å². The lowest BCUT2D eigenvalue weighted by molar-refractivity contribution is -0.145. The summed E-state index contributed by atoms with van der Waals surface area (Å²) in [6.45, 7) is 1.41. The van der Waals surface area contributed by atoms with E-state index in [1.54, 1.807) is 11.3 Å². The highest BCUT2D eigenvalue weighted by Crippen LogP contribution is 2.26. The number of halogens is 3. The maximum atomic E-state index is 12.8. The van der Waals surface area contributed by atoms with Crippen LogP contribution in [0.5, 0.6) is 0 Å². The quantitative estimate of drug-likeness (QED) is 0.370. The SMILES string of the molecule is COC(=O)[C@@H](Cc1c[nH]c2ccccc12)NC(=O)c1nc(C)n(-c2n[nH]c(C(F)(F)F)n2)n1. The molecule has 14 heteroatoms. The van der Waals surface area contributed by atoms with Crippen LogP contribution in [0.25, 0.3) is 16.9 Å². The fraction of sp³-hybridized carbons (Fsp3) is 0.263. The molecule has 0 bridgehead atoms. The molecule has 3 heterocycles. The second-order valence-corrected chi connectivity index (χ2v) is 6.99. The number of esters is 1. The number of hydrogen-bond acceptors (Lipinski definition) is 7. The maximum Gasteiger partial charge on any atom is 0.451 e. The molecule has 1 aromatic carbocycles. The van der Waals surface area contributed by atoms with E-state index in [9.17, 15) is 22.8 Å². The van der Waals surface area contributed by atoms with Crippen molar-refractivity contribution in [1.29, 1.82) is 0 Å². The third kappa shape index (κ3) is 4.40. The predicted molar refractivity (Wildman–Crippen MR) is 106 cm³/mol. The molecule has 0 spiro atoms. The van der Waals surface area contributed by atoms with Crippen LogP contribution in [0.4, 0.5) is 13.2 Å². The van der Waals surface area contributed by atoms with Crippen molar-refractivity contribution < 1.29 is 27.5 Å². The van der Waals surface area contributed by atoms with Crippen molar-refractivity contribution in [3.05, 3.63) is 53.5 Å². The highest BCUT2D eigenvalue weighted by Gasteiger charge is 2.36. The van der Waals surface area contributed by atoms with Gasteiger partial charge in [-0.25, -0.2) is 9.78 Å². The van der Waals surface area contributed by atoms with Crippen molar-refractivity contribution in [3.63, 3.8) is 0 Å². The zero-order valence-electron chi connectivity index (χ0n) is 17.3. The lowest BCUT2D eigenvalue weighted by Crippen LogP contribution is -2.43. The summed E-state index contributed by atoms with van der Waals surface area (Å²) in [5.74, 6) is -3.57. The molecule has 0 saturated carbocycles. The van der Waals surface area contributed by atoms with E-state index < -0.39 is 35.9 Å². The molecule has 0 saturated heterocycles. The van der Waals surface area contributed by atoms with Gasteiger partial charge in [-0.3, -0.25) is 9.89 Å². The first-order valence-electron chi connectivity index (χ1n) is 9.54. The monoisotopic (exact) mass is 462 g/mol. The van der Waals surface area contributed by atoms with Crippen LogP contribution in [0.15, 0.2) is 30.5 Å². The van der Waals surface area contributed by atoms with Gasteiger partial charge in [-0.1, -0.05) is 18.2 Å². The van der Waals surface area contributed by atoms with Gasteiger partial charge in [0.1, 0.15) is 11.9 Å². The van der Waals surface area contributed by atoms with E-state index in [-0.39, 0.29) is 18.1 Å². The van der Waals surface area contributed by atoms with Crippen LogP contribution < -0.4 is 5.32 Å². The molecule has 1 atom stereocenters. The molecule has 1 amide bonds. The summed E-state index contributed by atoms with van der Waals surface area (Å²) in [6, 6.07) is 6.39. The number of methoxy groups -OCH3 is 1. The number of para-hydroxylation sites is 1. The molecule has 3 aromatic heterocycles. The van der Waals surface area contributed by atoms with Crippen molar-refractivity contribution in [2.75, 3.05) is 7.11 Å². The second kappa shape index (κ2) is 8.37. The van der Waals surface area contributed by atoms with Gasteiger partial charge in [-0.05, 0) is 18.6 Å². The first kappa shape index (κ1) is 22.0. The largest absolute Gasteiger partial charge is 0.467 e. The van der Waals surface area contributed by atoms with Gasteiger partial charge in [0, 0.05) is 23.5 Å². The number of aromatic amines is 2. The Balaban J connectivity index is 1.56. The number of aryl methyl sites for hydroxylation is 1. The van der Waals surface area contributed by atoms with Crippen LogP contribution in [-0.2, 0) is 22.1 Å². The molecule has 0 aliphatic rings. The van der Waals surface area contributed by atoms with E-state index in [1.165, 1.54) is 14.0 Å². The van der Waals surface area contributed by atoms with Crippen LogP contribution in [0, 0.1) is 6.92 Å². The van der Waals surface area contributed by atoms with E-state index in [1.807, 2.05) is 24.3 Å². The Bertz CT molecular complexity index is 1320. The van der Waals surface area contributed by atoms with E-state index >= 15 is 0 Å². The second-order valence-electron chi connectivity index (χ2n) is 6.99. The Kier molecular flexibility index (Phi) is 5.57. The Morgan fingerprint density at radius 3 is 2.70 bits per heavy atom. The average Bonchev–Trinajstić information content (AvgIpc) is 3.50. The summed E-state index contributed by atoms with van der Waals surface area (Å²) in [6.07, 6.45) is -2.88. The van der Waals surface area contributed by atoms with Crippen LogP contribution in [0.2, 0.25) is 0 Å². The minimum Gasteiger partial charge on any atom is -0.467 e. The number of nitrogens with zero attached hydrogens (tertiary/aromatic N) is 5. The average molecular weight is 462 g/mol. The number of nitrogens with one attached hydrogen (secondary N) is 3. The summed E-state index contributed by atoms with van der Waals surface area (Å²) in [7, 11) is 1.19. The van der Waals surface area contributed by atoms with Crippen LogP contribution in [-0.4, -0.2) is 60.0 Å². The first-order chi connectivity index (χ1) is 15.7. The summed E-state index contributed by atoms with van der Waals surface area (Å²) in [5, 5.41) is 12.5. The number of carbonyl (C=O) groups excluding carboxylic acids is 2. The molecular formula is C19H17F3N8O3. The normalized spacial score (nSPS) is 12.6. The van der Waals surface area contributed by atoms with Gasteiger partial charge in [-0.2, -0.15) is 22.8 Å². The van der Waals surface area contributed by atoms with Crippen molar-refractivity contribution in [2.24, 2.45) is 0 Å². The molecular weight excluding hydrogens is 445 g/mol. The predicted octanol–water partition coefficient (Wildman–Crippen LogP) is 1.71. The lowest BCUT2D eigenvalue weighted by atomic mass is 10.0. The number of alkyl halides is 3. The minimum absolute atomic E-state index is 0.0686. The van der Waals surface area contributed by atoms with Crippen LogP contribution in [0.1, 0.15) is 27.8 Å². The highest BCUT2D eigenvalue weighted by molar-refractivity contribution is 5.94. The Labute approximate surface area is 183 Å². The van der Waals surface area contributed by atoms with Gasteiger partial charge in [0.15, 0.2) is 0 Å². The van der Waals surface area contributed by atoms with Gasteiger partial charge in [0.25, 0.3) is 11.9 Å². The fourth-order valence-corrected chi connectivity index (χ4v) is 3.23. The third-order valence-electron chi connectivity index (χ3n) is 4.79. The van der Waals surface area contributed by atoms with Gasteiger partial charge < -0.3 is 15.0 Å². The summed E-state index contributed by atoms with van der Waals surface area (Å²) in [4.78, 5) is 35.4. The standard InChI is InChI=1S/C19H17F3N8O3/c1-9-24-14(29-30(9)18-26-17(27-28-18)19(20,21)22)15(31)25-13(16(32)33-2)7-10-8-23-12-6-4-3-5-11(10)12/h3-6,8,13,23H,7H2,1-2H3,(H,25,31)(H,26,27,28)/t13-/m1/s1. The zero-order chi connectivity index (χ0) is 23.8. The number of carbonyl (C=O) groups is 2. The maximum absolute atomic E-state index is 12.8. The van der Waals surface area contributed by atoms with Crippen molar-refractivity contribution in [2.45, 2.75) is 25.6 Å². The minimum atomic E-state index is -4.73. The summed E-state index contributed by atoms with van der Waals surface area (Å²) >= 11 is 0. The number of fused-ring (bicyclic) bond motifs is 1. The number of amides is 1. The molecule has 0 unspecified atom stereocenters. The topological polar surface area (TPSA) is 143 Å². The Hall–Kier alpha value is -4.23. The van der Waals surface area contributed by atoms with E-state index in [4.69, 9.17) is 4.74 Å². The number of H-pyrrole nitrogens is 2. The van der Waals surface area contributed by atoms with E-state index in [0.717, 1.165) is 21.1 Å². The van der Waals surface area contributed by atoms with Crippen LogP contribution in [0.3, 0.4) is 0 Å². The van der Waals surface area contributed by atoms with Gasteiger partial charge in [-0.15, -0.1) is 10.2 Å². The number of ether oxygens (including phenoxy) is 1. The smallest absolute Gasteiger partial charge is 0.451 e. The van der Waals surface area contributed by atoms with Crippen LogP contribution >= 0.6 is 0 Å². The summed E-state index contributed by atoms with van der Waals surface area (Å²) in [5.41, 5.74) is 1.64. The molecule has 172 valence electrons. The molecule has 4 rings (SSSR count). The van der Waals surface area contributed by atoms with Gasteiger partial charge in [0.05, 0.1) is 7.11 Å². The van der Waals surface area contributed by atoms with E-state index in [0.29, 0.717) is 0 Å². The van der Waals surface area contributed by atoms with Crippen molar-refractivity contribution in [1.82, 2.24) is 40.2 Å². The third-order valence-corrected chi connectivity index (χ3v) is 4.79. The fourth-order valence-electron chi connectivity index (χ4n) is 3.23. The molecule has 0 radical (unpaired) electrons. The molecule has 0 fully saturated rings. The van der Waals surface area contributed by atoms with Crippen molar-refractivity contribution in [3.8, 4) is 5.95 Å². The van der Waals surface area contributed by atoms with Gasteiger partial charge in [0.2, 0.25) is 11.6 Å². The summed E-state index contributed by atoms with van der Waals surface area (Å²) < 4.78 is 44.0.